The molecule has 1 aromatic rings. The van der Waals surface area contributed by atoms with Gasteiger partial charge in [0, 0.05) is 0 Å². The molecule has 0 spiro atoms. The van der Waals surface area contributed by atoms with Crippen molar-refractivity contribution in [2.45, 2.75) is 26.9 Å². The second-order valence-electron chi connectivity index (χ2n) is 3.36. The van der Waals surface area contributed by atoms with Gasteiger partial charge in [-0.25, -0.2) is 0 Å². The Morgan fingerprint density at radius 1 is 1.31 bits per heavy atom. The fourth-order valence-electron chi connectivity index (χ4n) is 1.06. The highest BCUT2D eigenvalue weighted by molar-refractivity contribution is 5.33. The lowest BCUT2D eigenvalue weighted by molar-refractivity contribution is 0.129. The second-order valence-corrected chi connectivity index (χ2v) is 3.36. The van der Waals surface area contributed by atoms with Gasteiger partial charge >= 0.3 is 0 Å². The van der Waals surface area contributed by atoms with Crippen molar-refractivity contribution in [1.82, 2.24) is 0 Å². The number of aliphatic hydroxyl groups excluding tert-OH is 1. The lowest BCUT2D eigenvalue weighted by atomic mass is 10.1. The monoisotopic (exact) mass is 180 g/mol. The zero-order chi connectivity index (χ0) is 9.84. The number of hydrogen-bond acceptors (Lipinski definition) is 2. The van der Waals surface area contributed by atoms with E-state index < -0.39 is 0 Å². The minimum atomic E-state index is -0.137. The van der Waals surface area contributed by atoms with Crippen LogP contribution in [-0.4, -0.2) is 17.8 Å². The molecule has 0 aliphatic heterocycles. The summed E-state index contributed by atoms with van der Waals surface area (Å²) in [7, 11) is 0. The molecule has 1 rings (SSSR count). The Morgan fingerprint density at radius 2 is 2.00 bits per heavy atom. The number of rotatable bonds is 3. The van der Waals surface area contributed by atoms with Gasteiger partial charge in [0.2, 0.25) is 0 Å². The zero-order valence-electron chi connectivity index (χ0n) is 8.37. The van der Waals surface area contributed by atoms with Gasteiger partial charge in [-0.05, 0) is 44.0 Å². The van der Waals surface area contributed by atoms with Crippen LogP contribution < -0.4 is 4.74 Å². The Kier molecular flexibility index (Phi) is 3.32. The van der Waals surface area contributed by atoms with Gasteiger partial charge in [0.05, 0.1) is 6.61 Å². The maximum Gasteiger partial charge on any atom is 0.120 e. The van der Waals surface area contributed by atoms with Gasteiger partial charge in [0.1, 0.15) is 11.9 Å². The molecule has 2 heteroatoms. The first-order valence-electron chi connectivity index (χ1n) is 4.48. The first-order chi connectivity index (χ1) is 6.13. The minimum absolute atomic E-state index is 0.0485. The summed E-state index contributed by atoms with van der Waals surface area (Å²) in [6.07, 6.45) is -0.137. The lowest BCUT2D eigenvalue weighted by Gasteiger charge is -2.12. The highest BCUT2D eigenvalue weighted by Crippen LogP contribution is 2.17. The Morgan fingerprint density at radius 3 is 2.54 bits per heavy atom. The van der Waals surface area contributed by atoms with Gasteiger partial charge in [-0.3, -0.25) is 0 Å². The third-order valence-corrected chi connectivity index (χ3v) is 2.07. The Hall–Kier alpha value is -1.02. The van der Waals surface area contributed by atoms with Crippen LogP contribution in [0.25, 0.3) is 0 Å². The summed E-state index contributed by atoms with van der Waals surface area (Å²) in [6.45, 7) is 6.00. The van der Waals surface area contributed by atoms with Crippen molar-refractivity contribution in [3.63, 3.8) is 0 Å². The Labute approximate surface area is 79.2 Å². The summed E-state index contributed by atoms with van der Waals surface area (Å²) in [4.78, 5) is 0. The second kappa shape index (κ2) is 4.28. The van der Waals surface area contributed by atoms with Gasteiger partial charge < -0.3 is 9.84 Å². The van der Waals surface area contributed by atoms with Crippen molar-refractivity contribution in [2.75, 3.05) is 6.61 Å². The van der Waals surface area contributed by atoms with Crippen molar-refractivity contribution < 1.29 is 9.84 Å². The van der Waals surface area contributed by atoms with E-state index in [-0.39, 0.29) is 12.7 Å². The number of benzene rings is 1. The molecule has 0 aromatic heterocycles. The van der Waals surface area contributed by atoms with Crippen LogP contribution in [0.2, 0.25) is 0 Å². The molecule has 0 aliphatic carbocycles. The predicted octanol–water partition coefficient (Wildman–Crippen LogP) is 2.06. The molecule has 0 radical (unpaired) electrons. The molecule has 2 nitrogen and oxygen atoms in total. The predicted molar refractivity (Wildman–Crippen MR) is 53.1 cm³/mol. The van der Waals surface area contributed by atoms with Crippen LogP contribution >= 0.6 is 0 Å². The lowest BCUT2D eigenvalue weighted by Crippen LogP contribution is -2.16. The topological polar surface area (TPSA) is 29.5 Å². The van der Waals surface area contributed by atoms with Crippen LogP contribution in [-0.2, 0) is 0 Å². The highest BCUT2D eigenvalue weighted by atomic mass is 16.5. The average molecular weight is 180 g/mol. The van der Waals surface area contributed by atoms with Gasteiger partial charge in [-0.2, -0.15) is 0 Å². The molecule has 1 atom stereocenters. The number of aliphatic hydroxyl groups is 1. The third-order valence-electron chi connectivity index (χ3n) is 2.07. The van der Waals surface area contributed by atoms with Crippen molar-refractivity contribution in [2.24, 2.45) is 0 Å². The van der Waals surface area contributed by atoms with Crippen molar-refractivity contribution in [3.05, 3.63) is 29.3 Å². The van der Waals surface area contributed by atoms with Crippen molar-refractivity contribution >= 4 is 0 Å². The normalized spacial score (nSPS) is 12.6. The minimum Gasteiger partial charge on any atom is -0.488 e. The number of hydrogen-bond donors (Lipinski definition) is 1. The van der Waals surface area contributed by atoms with Gasteiger partial charge in [-0.1, -0.05) is 6.07 Å². The molecule has 13 heavy (non-hydrogen) atoms. The van der Waals surface area contributed by atoms with Crippen LogP contribution in [0.4, 0.5) is 0 Å². The van der Waals surface area contributed by atoms with E-state index in [1.54, 1.807) is 0 Å². The summed E-state index contributed by atoms with van der Waals surface area (Å²) in [5, 5.41) is 8.79. The smallest absolute Gasteiger partial charge is 0.120 e. The molecule has 0 amide bonds. The Balaban J connectivity index is 2.73. The van der Waals surface area contributed by atoms with Crippen LogP contribution in [0.1, 0.15) is 18.1 Å². The van der Waals surface area contributed by atoms with E-state index in [1.165, 1.54) is 11.1 Å². The number of aryl methyl sites for hydroxylation is 2. The van der Waals surface area contributed by atoms with Crippen molar-refractivity contribution in [1.29, 1.82) is 0 Å². The molecular weight excluding hydrogens is 164 g/mol. The van der Waals surface area contributed by atoms with Crippen LogP contribution in [0.5, 0.6) is 5.75 Å². The molecule has 0 saturated carbocycles. The molecule has 0 unspecified atom stereocenters. The quantitative estimate of drug-likeness (QED) is 0.771. The van der Waals surface area contributed by atoms with Gasteiger partial charge in [0.25, 0.3) is 0 Å². The first-order valence-corrected chi connectivity index (χ1v) is 4.48. The summed E-state index contributed by atoms with van der Waals surface area (Å²) in [5.41, 5.74) is 2.46. The molecule has 1 aromatic carbocycles. The zero-order valence-corrected chi connectivity index (χ0v) is 8.37. The SMILES string of the molecule is Cc1ccc(O[C@@H](C)CO)cc1C. The molecule has 72 valence electrons. The van der Waals surface area contributed by atoms with Crippen LogP contribution in [0.15, 0.2) is 18.2 Å². The molecule has 0 fully saturated rings. The molecular formula is C11H16O2. The first kappa shape index (κ1) is 10.1. The molecule has 0 saturated heterocycles. The van der Waals surface area contributed by atoms with Gasteiger partial charge in [0.15, 0.2) is 0 Å². The maximum atomic E-state index is 8.79. The van der Waals surface area contributed by atoms with Crippen LogP contribution in [0.3, 0.4) is 0 Å². The van der Waals surface area contributed by atoms with E-state index in [0.717, 1.165) is 5.75 Å². The van der Waals surface area contributed by atoms with E-state index in [2.05, 4.69) is 6.92 Å². The van der Waals surface area contributed by atoms with E-state index in [9.17, 15) is 0 Å². The van der Waals surface area contributed by atoms with Crippen molar-refractivity contribution in [3.8, 4) is 5.75 Å². The van der Waals surface area contributed by atoms with Gasteiger partial charge in [-0.15, -0.1) is 0 Å². The Bertz CT molecular complexity index is 281. The number of ether oxygens (including phenoxy) is 1. The largest absolute Gasteiger partial charge is 0.488 e. The van der Waals surface area contributed by atoms with Crippen LogP contribution in [0, 0.1) is 13.8 Å². The fourth-order valence-corrected chi connectivity index (χ4v) is 1.06. The standard InChI is InChI=1S/C11H16O2/c1-8-4-5-11(6-9(8)2)13-10(3)7-12/h4-6,10,12H,7H2,1-3H3/t10-/m0/s1. The summed E-state index contributed by atoms with van der Waals surface area (Å²) in [5.74, 6) is 0.824. The summed E-state index contributed by atoms with van der Waals surface area (Å²) < 4.78 is 5.45. The third kappa shape index (κ3) is 2.74. The molecule has 1 N–H and O–H groups in total. The van der Waals surface area contributed by atoms with E-state index in [0.29, 0.717) is 0 Å². The molecule has 0 bridgehead atoms. The molecule has 0 aliphatic rings. The summed E-state index contributed by atoms with van der Waals surface area (Å²) >= 11 is 0. The molecule has 0 heterocycles. The fraction of sp³-hybridized carbons (Fsp3) is 0.455. The van der Waals surface area contributed by atoms with E-state index in [1.807, 2.05) is 32.0 Å². The highest BCUT2D eigenvalue weighted by Gasteiger charge is 2.02. The average Bonchev–Trinajstić information content (AvgIpc) is 2.11. The maximum absolute atomic E-state index is 8.79. The summed E-state index contributed by atoms with van der Waals surface area (Å²) in [6, 6.07) is 5.94. The van der Waals surface area contributed by atoms with E-state index in [4.69, 9.17) is 9.84 Å². The van der Waals surface area contributed by atoms with E-state index >= 15 is 0 Å².